The van der Waals surface area contributed by atoms with Gasteiger partial charge in [-0.3, -0.25) is 0 Å². The molecule has 2 aromatic rings. The summed E-state index contributed by atoms with van der Waals surface area (Å²) in [6.45, 7) is 2.11. The minimum atomic E-state index is -4.48. The molecule has 0 aromatic carbocycles. The van der Waals surface area contributed by atoms with Crippen LogP contribution >= 0.6 is 0 Å². The van der Waals surface area contributed by atoms with E-state index in [-0.39, 0.29) is 24.4 Å². The number of rotatable bonds is 7. The summed E-state index contributed by atoms with van der Waals surface area (Å²) in [5, 5.41) is 5.11. The minimum absolute atomic E-state index is 0.0759. The van der Waals surface area contributed by atoms with Crippen molar-refractivity contribution in [3.05, 3.63) is 42.2 Å². The first-order valence-corrected chi connectivity index (χ1v) is 8.04. The number of hydrogen-bond acceptors (Lipinski definition) is 5. The molecule has 0 aliphatic heterocycles. The van der Waals surface area contributed by atoms with E-state index in [9.17, 15) is 18.0 Å². The van der Waals surface area contributed by atoms with Crippen LogP contribution in [0.15, 0.2) is 36.7 Å². The quantitative estimate of drug-likeness (QED) is 0.763. The molecule has 7 nitrogen and oxygen atoms in total. The molecule has 2 aromatic heterocycles. The highest BCUT2D eigenvalue weighted by atomic mass is 19.4. The molecule has 0 saturated heterocycles. The summed E-state index contributed by atoms with van der Waals surface area (Å²) in [6, 6.07) is 5.71. The monoisotopic (exact) mass is 384 g/mol. The van der Waals surface area contributed by atoms with Crippen molar-refractivity contribution in [3.63, 3.8) is 0 Å². The Bertz CT molecular complexity index is 769. The summed E-state index contributed by atoms with van der Waals surface area (Å²) < 4.78 is 47.1. The molecule has 2 N–H and O–H groups in total. The number of aromatic nitrogens is 2. The Labute approximate surface area is 153 Å². The molecule has 2 heterocycles. The van der Waals surface area contributed by atoms with Gasteiger partial charge in [0.2, 0.25) is 11.8 Å². The highest BCUT2D eigenvalue weighted by molar-refractivity contribution is 5.90. The van der Waals surface area contributed by atoms with E-state index in [1.165, 1.54) is 24.5 Å². The lowest BCUT2D eigenvalue weighted by atomic mass is 10.2. The number of carbonyl (C=O) groups is 1. The number of pyridine rings is 2. The van der Waals surface area contributed by atoms with Crippen LogP contribution in [0, 0.1) is 0 Å². The van der Waals surface area contributed by atoms with E-state index in [1.807, 2.05) is 13.8 Å². The van der Waals surface area contributed by atoms with E-state index in [1.54, 1.807) is 12.1 Å². The largest absolute Gasteiger partial charge is 0.473 e. The van der Waals surface area contributed by atoms with E-state index < -0.39 is 18.8 Å². The van der Waals surface area contributed by atoms with Gasteiger partial charge in [0.25, 0.3) is 0 Å². The van der Waals surface area contributed by atoms with Gasteiger partial charge in [-0.25, -0.2) is 14.8 Å². The number of urea groups is 1. The summed E-state index contributed by atoms with van der Waals surface area (Å²) in [4.78, 5) is 19.9. The van der Waals surface area contributed by atoms with Crippen LogP contribution in [0.25, 0.3) is 0 Å². The normalized spacial score (nSPS) is 11.2. The summed E-state index contributed by atoms with van der Waals surface area (Å²) >= 11 is 0. The zero-order chi connectivity index (χ0) is 19.9. The van der Waals surface area contributed by atoms with Crippen LogP contribution in [-0.4, -0.2) is 34.9 Å². The lowest BCUT2D eigenvalue weighted by molar-refractivity contribution is -0.154. The van der Waals surface area contributed by atoms with Crippen molar-refractivity contribution in [2.24, 2.45) is 0 Å². The van der Waals surface area contributed by atoms with Gasteiger partial charge in [-0.05, 0) is 32.0 Å². The molecule has 0 atom stereocenters. The molecule has 0 unspecified atom stereocenters. The first-order valence-electron chi connectivity index (χ1n) is 8.04. The first kappa shape index (κ1) is 20.3. The number of carbonyl (C=O) groups excluding carboxylic acids is 1. The molecule has 146 valence electrons. The SMILES string of the molecule is CC(C)Oc1ncccc1NC(=O)NCc1cccnc1OCC(F)(F)F. The van der Waals surface area contributed by atoms with E-state index >= 15 is 0 Å². The van der Waals surface area contributed by atoms with Crippen LogP contribution in [0.5, 0.6) is 11.8 Å². The van der Waals surface area contributed by atoms with Crippen LogP contribution in [-0.2, 0) is 6.54 Å². The van der Waals surface area contributed by atoms with E-state index in [0.717, 1.165) is 0 Å². The molecular formula is C17H19F3N4O3. The number of nitrogens with zero attached hydrogens (tertiary/aromatic N) is 2. The Hall–Kier alpha value is -3.04. The number of ether oxygens (including phenoxy) is 2. The fraction of sp³-hybridized carbons (Fsp3) is 0.353. The molecule has 27 heavy (non-hydrogen) atoms. The van der Waals surface area contributed by atoms with Crippen LogP contribution in [0.4, 0.5) is 23.7 Å². The zero-order valence-electron chi connectivity index (χ0n) is 14.7. The van der Waals surface area contributed by atoms with Crippen molar-refractivity contribution in [3.8, 4) is 11.8 Å². The second-order valence-electron chi connectivity index (χ2n) is 5.70. The maximum absolute atomic E-state index is 12.3. The minimum Gasteiger partial charge on any atom is -0.473 e. The van der Waals surface area contributed by atoms with Gasteiger partial charge < -0.3 is 20.1 Å². The van der Waals surface area contributed by atoms with Gasteiger partial charge in [-0.15, -0.1) is 0 Å². The smallest absolute Gasteiger partial charge is 0.422 e. The van der Waals surface area contributed by atoms with Crippen molar-refractivity contribution in [1.82, 2.24) is 15.3 Å². The van der Waals surface area contributed by atoms with Crippen molar-refractivity contribution < 1.29 is 27.4 Å². The molecule has 0 spiro atoms. The Morgan fingerprint density at radius 2 is 1.81 bits per heavy atom. The Balaban J connectivity index is 1.97. The lowest BCUT2D eigenvalue weighted by Crippen LogP contribution is -2.29. The number of amides is 2. The Morgan fingerprint density at radius 3 is 2.48 bits per heavy atom. The number of alkyl halides is 3. The third-order valence-corrected chi connectivity index (χ3v) is 3.03. The number of hydrogen-bond donors (Lipinski definition) is 2. The molecule has 0 aliphatic rings. The van der Waals surface area contributed by atoms with Crippen LogP contribution < -0.4 is 20.1 Å². The number of halogens is 3. The molecule has 2 rings (SSSR count). The van der Waals surface area contributed by atoms with Gasteiger partial charge in [-0.2, -0.15) is 13.2 Å². The molecule has 0 radical (unpaired) electrons. The molecular weight excluding hydrogens is 365 g/mol. The molecule has 0 aliphatic carbocycles. The first-order chi connectivity index (χ1) is 12.7. The number of nitrogens with one attached hydrogen (secondary N) is 2. The highest BCUT2D eigenvalue weighted by Crippen LogP contribution is 2.22. The van der Waals surface area contributed by atoms with E-state index in [4.69, 9.17) is 4.74 Å². The topological polar surface area (TPSA) is 85.4 Å². The molecule has 0 bridgehead atoms. The average molecular weight is 384 g/mol. The highest BCUT2D eigenvalue weighted by Gasteiger charge is 2.29. The summed E-state index contributed by atoms with van der Waals surface area (Å²) in [5.74, 6) is 0.0681. The molecule has 10 heteroatoms. The Kier molecular flexibility index (Phi) is 6.80. The van der Waals surface area contributed by atoms with Crippen molar-refractivity contribution in [2.45, 2.75) is 32.7 Å². The van der Waals surface area contributed by atoms with Crippen molar-refractivity contribution in [1.29, 1.82) is 0 Å². The zero-order valence-corrected chi connectivity index (χ0v) is 14.7. The van der Waals surface area contributed by atoms with Gasteiger partial charge in [0.05, 0.1) is 6.10 Å². The van der Waals surface area contributed by atoms with E-state index in [2.05, 4.69) is 25.3 Å². The summed E-state index contributed by atoms with van der Waals surface area (Å²) in [5.41, 5.74) is 0.671. The third kappa shape index (κ3) is 7.00. The van der Waals surface area contributed by atoms with Crippen LogP contribution in [0.2, 0.25) is 0 Å². The molecule has 0 fully saturated rings. The van der Waals surface area contributed by atoms with Crippen LogP contribution in [0.3, 0.4) is 0 Å². The van der Waals surface area contributed by atoms with Gasteiger partial charge in [0, 0.05) is 24.5 Å². The number of anilines is 1. The van der Waals surface area contributed by atoms with E-state index in [0.29, 0.717) is 11.3 Å². The molecule has 2 amide bonds. The van der Waals surface area contributed by atoms with Gasteiger partial charge in [0.15, 0.2) is 6.61 Å². The van der Waals surface area contributed by atoms with Crippen molar-refractivity contribution >= 4 is 11.7 Å². The standard InChI is InChI=1S/C17H19F3N4O3/c1-11(2)27-15-13(6-4-8-22-15)24-16(25)23-9-12-5-3-7-21-14(12)26-10-17(18,19)20/h3-8,11H,9-10H2,1-2H3,(H2,23,24,25). The van der Waals surface area contributed by atoms with Gasteiger partial charge in [-0.1, -0.05) is 6.07 Å². The average Bonchev–Trinajstić information content (AvgIpc) is 2.59. The lowest BCUT2D eigenvalue weighted by Gasteiger charge is -2.15. The molecule has 0 saturated carbocycles. The van der Waals surface area contributed by atoms with Gasteiger partial charge in [0.1, 0.15) is 5.69 Å². The Morgan fingerprint density at radius 1 is 1.15 bits per heavy atom. The third-order valence-electron chi connectivity index (χ3n) is 3.03. The fourth-order valence-electron chi connectivity index (χ4n) is 1.98. The predicted molar refractivity (Wildman–Crippen MR) is 91.6 cm³/mol. The maximum Gasteiger partial charge on any atom is 0.422 e. The fourth-order valence-corrected chi connectivity index (χ4v) is 1.98. The second kappa shape index (κ2) is 9.06. The predicted octanol–water partition coefficient (Wildman–Crippen LogP) is 3.53. The van der Waals surface area contributed by atoms with Crippen molar-refractivity contribution in [2.75, 3.05) is 11.9 Å². The maximum atomic E-state index is 12.3. The second-order valence-corrected chi connectivity index (χ2v) is 5.70. The van der Waals surface area contributed by atoms with Crippen LogP contribution in [0.1, 0.15) is 19.4 Å². The summed E-state index contributed by atoms with van der Waals surface area (Å²) in [6.07, 6.45) is -1.78. The summed E-state index contributed by atoms with van der Waals surface area (Å²) in [7, 11) is 0. The van der Waals surface area contributed by atoms with Gasteiger partial charge >= 0.3 is 12.2 Å².